The van der Waals surface area contributed by atoms with Crippen LogP contribution in [0.2, 0.25) is 0 Å². The van der Waals surface area contributed by atoms with E-state index in [1.165, 1.54) is 25.1 Å². The van der Waals surface area contributed by atoms with E-state index < -0.39 is 23.9 Å². The van der Waals surface area contributed by atoms with Crippen molar-refractivity contribution in [3.05, 3.63) is 89.6 Å². The number of hydrogen-bond acceptors (Lipinski definition) is 4. The van der Waals surface area contributed by atoms with Gasteiger partial charge in [-0.15, -0.1) is 5.10 Å². The van der Waals surface area contributed by atoms with Crippen LogP contribution in [0.5, 0.6) is 0 Å². The van der Waals surface area contributed by atoms with Gasteiger partial charge in [-0.25, -0.2) is 0 Å². The summed E-state index contributed by atoms with van der Waals surface area (Å²) in [5.41, 5.74) is 0.705. The molecule has 3 aromatic carbocycles. The van der Waals surface area contributed by atoms with E-state index in [0.717, 1.165) is 27.4 Å². The topological polar surface area (TPSA) is 70.6 Å². The lowest BCUT2D eigenvalue weighted by molar-refractivity contribution is -0.143. The molecule has 0 aliphatic carbocycles. The predicted octanol–water partition coefficient (Wildman–Crippen LogP) is 5.49. The fourth-order valence-corrected chi connectivity index (χ4v) is 3.78. The molecular weight excluding hydrogens is 433 g/mol. The Bertz CT molecular complexity index is 1390. The second-order valence-electron chi connectivity index (χ2n) is 7.55. The summed E-state index contributed by atoms with van der Waals surface area (Å²) in [5.74, 6) is -0.576. The number of ether oxygens (including phenoxy) is 1. The predicted molar refractivity (Wildman–Crippen MR) is 116 cm³/mol. The highest BCUT2D eigenvalue weighted by molar-refractivity contribution is 5.96. The first-order valence-corrected chi connectivity index (χ1v) is 10.1. The van der Waals surface area contributed by atoms with Gasteiger partial charge in [0.25, 0.3) is 5.90 Å². The molecule has 2 heterocycles. The number of alkyl halides is 3. The maximum Gasteiger partial charge on any atom is 0.416 e. The quantitative estimate of drug-likeness (QED) is 0.449. The molecule has 0 fully saturated rings. The summed E-state index contributed by atoms with van der Waals surface area (Å²) in [5, 5.41) is 14.3. The third-order valence-electron chi connectivity index (χ3n) is 5.35. The van der Waals surface area contributed by atoms with Crippen LogP contribution in [0.4, 0.5) is 13.2 Å². The van der Waals surface area contributed by atoms with Gasteiger partial charge in [0.05, 0.1) is 11.3 Å². The van der Waals surface area contributed by atoms with E-state index in [-0.39, 0.29) is 11.5 Å². The van der Waals surface area contributed by atoms with Crippen molar-refractivity contribution in [2.45, 2.75) is 19.3 Å². The highest BCUT2D eigenvalue weighted by Crippen LogP contribution is 2.39. The van der Waals surface area contributed by atoms with E-state index in [0.29, 0.717) is 11.4 Å². The molecule has 5 rings (SSSR count). The average molecular weight is 450 g/mol. The SMILES string of the molecule is CC(=O)N1N=C(c2cc(-c3ccc4ccccc4c3)n[nH]2)O[C@@H]1c1ccccc1C(F)(F)F. The van der Waals surface area contributed by atoms with Crippen LogP contribution in [0, 0.1) is 0 Å². The second-order valence-corrected chi connectivity index (χ2v) is 7.55. The monoisotopic (exact) mass is 450 g/mol. The number of rotatable bonds is 3. The number of fused-ring (bicyclic) bond motifs is 1. The minimum atomic E-state index is -4.61. The molecule has 1 atom stereocenters. The molecule has 0 spiro atoms. The fraction of sp³-hybridized carbons (Fsp3) is 0.125. The number of nitrogens with one attached hydrogen (secondary N) is 1. The van der Waals surface area contributed by atoms with Gasteiger partial charge < -0.3 is 4.74 Å². The zero-order chi connectivity index (χ0) is 23.2. The zero-order valence-electron chi connectivity index (χ0n) is 17.3. The lowest BCUT2D eigenvalue weighted by atomic mass is 10.0. The van der Waals surface area contributed by atoms with Crippen LogP contribution < -0.4 is 0 Å². The van der Waals surface area contributed by atoms with Gasteiger partial charge in [0.15, 0.2) is 0 Å². The third kappa shape index (κ3) is 3.82. The maximum absolute atomic E-state index is 13.5. The number of aromatic amines is 1. The van der Waals surface area contributed by atoms with Crippen LogP contribution in [0.25, 0.3) is 22.0 Å². The largest absolute Gasteiger partial charge is 0.445 e. The normalized spacial score (nSPS) is 16.1. The van der Waals surface area contributed by atoms with Gasteiger partial charge in [-0.1, -0.05) is 54.6 Å². The Balaban J connectivity index is 1.48. The summed E-state index contributed by atoms with van der Waals surface area (Å²) >= 11 is 0. The number of H-pyrrole nitrogens is 1. The van der Waals surface area contributed by atoms with Gasteiger partial charge in [-0.3, -0.25) is 9.89 Å². The molecular formula is C24H17F3N4O2. The van der Waals surface area contributed by atoms with E-state index >= 15 is 0 Å². The minimum absolute atomic E-state index is 0.0216. The average Bonchev–Trinajstić information content (AvgIpc) is 3.46. The van der Waals surface area contributed by atoms with Crippen molar-refractivity contribution in [3.63, 3.8) is 0 Å². The third-order valence-corrected chi connectivity index (χ3v) is 5.35. The Morgan fingerprint density at radius 2 is 1.73 bits per heavy atom. The molecule has 166 valence electrons. The Kier molecular flexibility index (Phi) is 4.88. The standard InChI is InChI=1S/C24H17F3N4O2/c1-14(32)31-23(18-8-4-5-9-19(18)24(25,26)27)33-22(30-31)21-13-20(28-29-21)17-11-10-15-6-2-3-7-16(15)12-17/h2-13,23H,1H3,(H,28,29)/t23-/m1/s1. The highest BCUT2D eigenvalue weighted by atomic mass is 19.4. The molecule has 0 unspecified atom stereocenters. The zero-order valence-corrected chi connectivity index (χ0v) is 17.3. The van der Waals surface area contributed by atoms with E-state index in [9.17, 15) is 18.0 Å². The number of aromatic nitrogens is 2. The number of carbonyl (C=O) groups excluding carboxylic acids is 1. The minimum Gasteiger partial charge on any atom is -0.445 e. The molecule has 1 aliphatic rings. The van der Waals surface area contributed by atoms with E-state index in [4.69, 9.17) is 4.74 Å². The number of hydrazone groups is 1. The molecule has 33 heavy (non-hydrogen) atoms. The molecule has 9 heteroatoms. The van der Waals surface area contributed by atoms with Crippen LogP contribution in [0.15, 0.2) is 77.9 Å². The number of nitrogens with zero attached hydrogens (tertiary/aromatic N) is 3. The van der Waals surface area contributed by atoms with Crippen LogP contribution in [0.3, 0.4) is 0 Å². The number of halogens is 3. The van der Waals surface area contributed by atoms with Crippen molar-refractivity contribution in [2.75, 3.05) is 0 Å². The van der Waals surface area contributed by atoms with Crippen molar-refractivity contribution >= 4 is 22.6 Å². The van der Waals surface area contributed by atoms with Gasteiger partial charge in [0.1, 0.15) is 5.69 Å². The fourth-order valence-electron chi connectivity index (χ4n) is 3.78. The molecule has 0 bridgehead atoms. The summed E-state index contributed by atoms with van der Waals surface area (Å²) in [6, 6.07) is 20.4. The van der Waals surface area contributed by atoms with E-state index in [2.05, 4.69) is 15.3 Å². The lowest BCUT2D eigenvalue weighted by Crippen LogP contribution is -2.27. The van der Waals surface area contributed by atoms with Crippen LogP contribution in [-0.2, 0) is 15.7 Å². The van der Waals surface area contributed by atoms with E-state index in [1.807, 2.05) is 42.5 Å². The summed E-state index contributed by atoms with van der Waals surface area (Å²) in [7, 11) is 0. The summed E-state index contributed by atoms with van der Waals surface area (Å²) < 4.78 is 46.4. The van der Waals surface area contributed by atoms with Crippen LogP contribution >= 0.6 is 0 Å². The van der Waals surface area contributed by atoms with Gasteiger partial charge in [-0.05, 0) is 29.0 Å². The van der Waals surface area contributed by atoms with Crippen molar-refractivity contribution < 1.29 is 22.7 Å². The van der Waals surface area contributed by atoms with Crippen molar-refractivity contribution in [1.29, 1.82) is 0 Å². The van der Waals surface area contributed by atoms with Crippen LogP contribution in [-0.4, -0.2) is 27.0 Å². The summed E-state index contributed by atoms with van der Waals surface area (Å²) in [4.78, 5) is 12.2. The van der Waals surface area contributed by atoms with Crippen molar-refractivity contribution in [1.82, 2.24) is 15.2 Å². The first-order chi connectivity index (χ1) is 15.8. The summed E-state index contributed by atoms with van der Waals surface area (Å²) in [6.07, 6.45) is -5.95. The number of amides is 1. The first-order valence-electron chi connectivity index (χ1n) is 10.1. The molecule has 1 amide bonds. The van der Waals surface area contributed by atoms with Gasteiger partial charge in [-0.2, -0.15) is 23.3 Å². The smallest absolute Gasteiger partial charge is 0.416 e. The Morgan fingerprint density at radius 3 is 2.48 bits per heavy atom. The molecule has 0 saturated carbocycles. The second kappa shape index (κ2) is 7.77. The molecule has 4 aromatic rings. The molecule has 1 aliphatic heterocycles. The molecule has 1 N–H and O–H groups in total. The Hall–Kier alpha value is -4.14. The molecule has 6 nitrogen and oxygen atoms in total. The number of carbonyl (C=O) groups is 1. The summed E-state index contributed by atoms with van der Waals surface area (Å²) in [6.45, 7) is 1.21. The Labute approximate surface area is 186 Å². The van der Waals surface area contributed by atoms with Gasteiger partial charge >= 0.3 is 6.18 Å². The maximum atomic E-state index is 13.5. The van der Waals surface area contributed by atoms with Crippen molar-refractivity contribution in [3.8, 4) is 11.3 Å². The van der Waals surface area contributed by atoms with Gasteiger partial charge in [0, 0.05) is 18.1 Å². The molecule has 0 radical (unpaired) electrons. The highest BCUT2D eigenvalue weighted by Gasteiger charge is 2.41. The molecule has 1 aromatic heterocycles. The van der Waals surface area contributed by atoms with Crippen LogP contribution in [0.1, 0.15) is 30.0 Å². The first kappa shape index (κ1) is 20.7. The molecule has 0 saturated heterocycles. The van der Waals surface area contributed by atoms with E-state index in [1.54, 1.807) is 6.07 Å². The lowest BCUT2D eigenvalue weighted by Gasteiger charge is -2.22. The Morgan fingerprint density at radius 1 is 1.00 bits per heavy atom. The number of hydrogen-bond donors (Lipinski definition) is 1. The van der Waals surface area contributed by atoms with Crippen molar-refractivity contribution in [2.24, 2.45) is 5.10 Å². The van der Waals surface area contributed by atoms with Gasteiger partial charge in [0.2, 0.25) is 12.1 Å². The number of benzene rings is 3.